The summed E-state index contributed by atoms with van der Waals surface area (Å²) in [6.07, 6.45) is 10.7. The quantitative estimate of drug-likeness (QED) is 0.480. The maximum atomic E-state index is 12.2. The highest BCUT2D eigenvalue weighted by atomic mass is 16.3. The van der Waals surface area contributed by atoms with Gasteiger partial charge >= 0.3 is 0 Å². The molecule has 2 saturated carbocycles. The van der Waals surface area contributed by atoms with Gasteiger partial charge in [0.15, 0.2) is 0 Å². The Hall–Kier alpha value is -0.940. The Labute approximate surface area is 194 Å². The summed E-state index contributed by atoms with van der Waals surface area (Å²) >= 11 is 0. The van der Waals surface area contributed by atoms with Crippen LogP contribution >= 0.6 is 0 Å². The molecule has 0 spiro atoms. The molecule has 2 fully saturated rings. The van der Waals surface area contributed by atoms with Gasteiger partial charge in [0.25, 0.3) is 0 Å². The third-order valence-corrected chi connectivity index (χ3v) is 10.3. The average molecular weight is 445 g/mol. The number of fused-ring (bicyclic) bond motifs is 5. The summed E-state index contributed by atoms with van der Waals surface area (Å²) in [6, 6.07) is 0. The average Bonchev–Trinajstić information content (AvgIpc) is 3.00. The second kappa shape index (κ2) is 7.80. The molecular weight excluding hydrogens is 400 g/mol. The molecule has 0 saturated heterocycles. The van der Waals surface area contributed by atoms with E-state index in [0.717, 1.165) is 24.0 Å². The van der Waals surface area contributed by atoms with Gasteiger partial charge in [-0.25, -0.2) is 0 Å². The molecule has 4 aliphatic carbocycles. The molecule has 4 aliphatic rings. The number of allylic oxidation sites excluding steroid dienone is 3. The molecule has 9 atom stereocenters. The lowest BCUT2D eigenvalue weighted by molar-refractivity contribution is -0.176. The summed E-state index contributed by atoms with van der Waals surface area (Å²) in [6.45, 7) is 13.3. The highest BCUT2D eigenvalue weighted by Gasteiger charge is 2.67. The second-order valence-electron chi connectivity index (χ2n) is 12.3. The van der Waals surface area contributed by atoms with Gasteiger partial charge in [0.2, 0.25) is 0 Å². The van der Waals surface area contributed by atoms with Crippen LogP contribution in [-0.4, -0.2) is 43.8 Å². The number of hydrogen-bond acceptors (Lipinski definition) is 4. The van der Waals surface area contributed by atoms with E-state index in [9.17, 15) is 20.4 Å². The van der Waals surface area contributed by atoms with Crippen LogP contribution in [-0.2, 0) is 0 Å². The number of hydrogen-bond donors (Lipinski definition) is 4. The minimum absolute atomic E-state index is 0.167. The smallest absolute Gasteiger partial charge is 0.106 e. The van der Waals surface area contributed by atoms with Gasteiger partial charge in [-0.2, -0.15) is 0 Å². The minimum Gasteiger partial charge on any atom is -0.393 e. The lowest BCUT2D eigenvalue weighted by atomic mass is 9.48. The van der Waals surface area contributed by atoms with Crippen LogP contribution in [0.1, 0.15) is 80.1 Å². The van der Waals surface area contributed by atoms with E-state index < -0.39 is 28.8 Å². The van der Waals surface area contributed by atoms with E-state index in [1.54, 1.807) is 6.08 Å². The predicted molar refractivity (Wildman–Crippen MR) is 128 cm³/mol. The molecule has 0 aromatic heterocycles. The lowest BCUT2D eigenvalue weighted by Crippen LogP contribution is -2.64. The maximum Gasteiger partial charge on any atom is 0.106 e. The van der Waals surface area contributed by atoms with Crippen LogP contribution in [0.25, 0.3) is 0 Å². The third kappa shape index (κ3) is 3.16. The summed E-state index contributed by atoms with van der Waals surface area (Å²) in [5.74, 6) is 1.84. The van der Waals surface area contributed by atoms with Crippen LogP contribution in [0.2, 0.25) is 0 Å². The van der Waals surface area contributed by atoms with Crippen LogP contribution in [0.4, 0.5) is 0 Å². The zero-order valence-corrected chi connectivity index (χ0v) is 20.8. The fourth-order valence-electron chi connectivity index (χ4n) is 7.45. The molecule has 4 nitrogen and oxygen atoms in total. The van der Waals surface area contributed by atoms with Crippen LogP contribution in [0.15, 0.2) is 35.5 Å². The van der Waals surface area contributed by atoms with Gasteiger partial charge in [-0.1, -0.05) is 59.8 Å². The first-order chi connectivity index (χ1) is 14.8. The number of aliphatic hydroxyl groups is 4. The summed E-state index contributed by atoms with van der Waals surface area (Å²) in [5, 5.41) is 45.1. The van der Waals surface area contributed by atoms with Crippen LogP contribution in [0.5, 0.6) is 0 Å². The van der Waals surface area contributed by atoms with Crippen molar-refractivity contribution in [1.29, 1.82) is 0 Å². The van der Waals surface area contributed by atoms with Crippen molar-refractivity contribution in [2.24, 2.45) is 34.5 Å². The molecule has 0 amide bonds. The Morgan fingerprint density at radius 2 is 1.66 bits per heavy atom. The van der Waals surface area contributed by atoms with E-state index in [-0.39, 0.29) is 11.8 Å². The zero-order valence-electron chi connectivity index (χ0n) is 20.8. The minimum atomic E-state index is -1.40. The van der Waals surface area contributed by atoms with Crippen molar-refractivity contribution >= 4 is 0 Å². The molecule has 4 N–H and O–H groups in total. The maximum absolute atomic E-state index is 12.2. The molecule has 0 aliphatic heterocycles. The first-order valence-electron chi connectivity index (χ1n) is 12.7. The van der Waals surface area contributed by atoms with Gasteiger partial charge in [-0.15, -0.1) is 0 Å². The van der Waals surface area contributed by atoms with Crippen molar-refractivity contribution in [2.75, 3.05) is 0 Å². The lowest BCUT2D eigenvalue weighted by Gasteiger charge is -2.60. The summed E-state index contributed by atoms with van der Waals surface area (Å²) in [7, 11) is 0. The molecule has 0 aromatic rings. The topological polar surface area (TPSA) is 80.9 Å². The Morgan fingerprint density at radius 3 is 2.31 bits per heavy atom. The highest BCUT2D eigenvalue weighted by molar-refractivity contribution is 5.54. The van der Waals surface area contributed by atoms with E-state index in [4.69, 9.17) is 0 Å². The Bertz CT molecular complexity index is 842. The van der Waals surface area contributed by atoms with Gasteiger partial charge < -0.3 is 20.4 Å². The molecule has 0 unspecified atom stereocenters. The molecule has 0 heterocycles. The van der Waals surface area contributed by atoms with Crippen molar-refractivity contribution < 1.29 is 20.4 Å². The van der Waals surface area contributed by atoms with E-state index in [0.29, 0.717) is 42.9 Å². The molecule has 4 rings (SSSR count). The molecular formula is C28H44O4. The van der Waals surface area contributed by atoms with Gasteiger partial charge in [0, 0.05) is 17.3 Å². The van der Waals surface area contributed by atoms with Crippen molar-refractivity contribution in [1.82, 2.24) is 0 Å². The van der Waals surface area contributed by atoms with Gasteiger partial charge in [0.1, 0.15) is 11.7 Å². The normalized spacial score (nSPS) is 48.0. The number of rotatable bonds is 4. The van der Waals surface area contributed by atoms with E-state index >= 15 is 0 Å². The van der Waals surface area contributed by atoms with E-state index in [2.05, 4.69) is 52.8 Å². The largest absolute Gasteiger partial charge is 0.393 e. The molecule has 4 heteroatoms. The van der Waals surface area contributed by atoms with Gasteiger partial charge in [-0.05, 0) is 73.0 Å². The first kappa shape index (κ1) is 24.2. The van der Waals surface area contributed by atoms with Gasteiger partial charge in [0.05, 0.1) is 11.7 Å². The predicted octanol–water partition coefficient (Wildman–Crippen LogP) is 4.53. The number of aliphatic hydroxyl groups excluding tert-OH is 2. The first-order valence-corrected chi connectivity index (χ1v) is 12.7. The third-order valence-electron chi connectivity index (χ3n) is 10.3. The van der Waals surface area contributed by atoms with Crippen LogP contribution < -0.4 is 0 Å². The van der Waals surface area contributed by atoms with Crippen LogP contribution in [0.3, 0.4) is 0 Å². The Balaban J connectivity index is 1.71. The molecule has 32 heavy (non-hydrogen) atoms. The summed E-state index contributed by atoms with van der Waals surface area (Å²) in [4.78, 5) is 0. The zero-order chi connectivity index (χ0) is 23.7. The summed E-state index contributed by atoms with van der Waals surface area (Å²) < 4.78 is 0. The summed E-state index contributed by atoms with van der Waals surface area (Å²) in [5.41, 5.74) is -1.55. The molecule has 0 bridgehead atoms. The Kier molecular flexibility index (Phi) is 5.89. The standard InChI is InChI=1S/C28H44O4/c1-17(2)18(3)7-8-19(4)21-11-14-27(31)23-15-24(30)28(32)16-20(29)9-12-26(28,6)22(23)10-13-25(21,27)5/h7-8,10,15,17-21,24,29-32H,9,11-14,16H2,1-6H3/b8-7+/t18-,19+,20-,21+,24+,25+,26+,27-,28-/m0/s1. The van der Waals surface area contributed by atoms with Crippen molar-refractivity contribution in [3.63, 3.8) is 0 Å². The van der Waals surface area contributed by atoms with Crippen molar-refractivity contribution in [3.05, 3.63) is 35.5 Å². The van der Waals surface area contributed by atoms with Gasteiger partial charge in [-0.3, -0.25) is 0 Å². The molecule has 180 valence electrons. The van der Waals surface area contributed by atoms with Crippen molar-refractivity contribution in [2.45, 2.75) is 103 Å². The fraction of sp³-hybridized carbons (Fsp3) is 0.786. The Morgan fingerprint density at radius 1 is 0.969 bits per heavy atom. The SMILES string of the molecule is CC(C)[C@@H](C)/C=C/[C@@H](C)[C@H]1CC[C@]2(O)C3=C[C@@H](O)[C@@]4(O)C[C@@H](O)CC[C@]4(C)C3=CC[C@]12C. The molecule has 0 radical (unpaired) electrons. The highest BCUT2D eigenvalue weighted by Crippen LogP contribution is 2.67. The van der Waals surface area contributed by atoms with Crippen molar-refractivity contribution in [3.8, 4) is 0 Å². The van der Waals surface area contributed by atoms with Crippen LogP contribution in [0, 0.1) is 34.5 Å². The monoisotopic (exact) mass is 444 g/mol. The molecule has 0 aromatic carbocycles. The fourth-order valence-corrected chi connectivity index (χ4v) is 7.45. The van der Waals surface area contributed by atoms with E-state index in [1.165, 1.54) is 0 Å². The van der Waals surface area contributed by atoms with E-state index in [1.807, 2.05) is 6.92 Å². The second-order valence-corrected chi connectivity index (χ2v) is 12.3.